The quantitative estimate of drug-likeness (QED) is 0.213. The molecule has 0 fully saturated rings. The zero-order chi connectivity index (χ0) is 18.8. The van der Waals surface area contributed by atoms with Crippen molar-refractivity contribution in [2.45, 2.75) is 70.5 Å². The van der Waals surface area contributed by atoms with Gasteiger partial charge < -0.3 is 14.9 Å². The molecule has 0 aliphatic heterocycles. The molecule has 0 aliphatic carbocycles. The van der Waals surface area contributed by atoms with Crippen molar-refractivity contribution in [2.75, 3.05) is 7.11 Å². The van der Waals surface area contributed by atoms with Gasteiger partial charge >= 0.3 is 5.97 Å². The van der Waals surface area contributed by atoms with Gasteiger partial charge in [0.2, 0.25) is 0 Å². The molecular formula is C21H34O4. The third kappa shape index (κ3) is 17.0. The maximum atomic E-state index is 10.9. The number of aliphatic hydroxyl groups excluding tert-OH is 2. The fraction of sp³-hybridized carbons (Fsp3) is 0.571. The van der Waals surface area contributed by atoms with Gasteiger partial charge in [0.1, 0.15) is 0 Å². The number of rotatable bonds is 14. The minimum absolute atomic E-state index is 0.253. The van der Waals surface area contributed by atoms with Crippen LogP contribution in [-0.2, 0) is 9.53 Å². The van der Waals surface area contributed by atoms with Crippen molar-refractivity contribution in [2.24, 2.45) is 0 Å². The Kier molecular flexibility index (Phi) is 16.0. The Morgan fingerprint density at radius 2 is 1.52 bits per heavy atom. The molecular weight excluding hydrogens is 316 g/mol. The zero-order valence-electron chi connectivity index (χ0n) is 15.6. The third-order valence-corrected chi connectivity index (χ3v) is 3.63. The normalized spacial score (nSPS) is 14.9. The van der Waals surface area contributed by atoms with Crippen LogP contribution in [0.1, 0.15) is 58.3 Å². The number of methoxy groups -OCH3 is 1. The summed E-state index contributed by atoms with van der Waals surface area (Å²) < 4.78 is 4.54. The molecule has 0 radical (unpaired) electrons. The Morgan fingerprint density at radius 1 is 0.920 bits per heavy atom. The average molecular weight is 350 g/mol. The maximum Gasteiger partial charge on any atom is 0.305 e. The number of allylic oxidation sites excluding steroid dienone is 6. The number of unbranched alkanes of at least 4 members (excludes halogenated alkanes) is 2. The first-order valence-electron chi connectivity index (χ1n) is 9.19. The molecule has 0 rings (SSSR count). The topological polar surface area (TPSA) is 66.8 Å². The van der Waals surface area contributed by atoms with Gasteiger partial charge in [0.25, 0.3) is 0 Å². The van der Waals surface area contributed by atoms with E-state index >= 15 is 0 Å². The average Bonchev–Trinajstić information content (AvgIpc) is 2.60. The van der Waals surface area contributed by atoms with E-state index in [2.05, 4.69) is 23.8 Å². The lowest BCUT2D eigenvalue weighted by Gasteiger charge is -2.03. The summed E-state index contributed by atoms with van der Waals surface area (Å²) in [7, 11) is 1.36. The SMILES string of the molecule is CCCC/C=C\CCC(O)/C=C/C=C\C=C\C(O)CCCC(=O)OC. The molecule has 2 unspecified atom stereocenters. The van der Waals surface area contributed by atoms with Crippen LogP contribution in [0.4, 0.5) is 0 Å². The standard InChI is InChI=1S/C21H34O4/c1-3-4-5-6-7-10-14-19(22)15-11-8-9-12-16-20(23)17-13-18-21(24)25-2/h6-9,11-12,15-16,19-20,22-23H,3-5,10,13-14,17-18H2,1-2H3/b7-6-,9-8-,15-11+,16-12+. The van der Waals surface area contributed by atoms with Crippen LogP contribution in [0.5, 0.6) is 0 Å². The monoisotopic (exact) mass is 350 g/mol. The van der Waals surface area contributed by atoms with Gasteiger partial charge in [-0.2, -0.15) is 0 Å². The fourth-order valence-corrected chi connectivity index (χ4v) is 2.09. The molecule has 142 valence electrons. The molecule has 0 saturated heterocycles. The molecule has 0 spiro atoms. The molecule has 4 nitrogen and oxygen atoms in total. The van der Waals surface area contributed by atoms with E-state index in [1.165, 1.54) is 20.0 Å². The van der Waals surface area contributed by atoms with Crippen LogP contribution < -0.4 is 0 Å². The molecule has 0 aliphatic rings. The van der Waals surface area contributed by atoms with Crippen LogP contribution in [0.25, 0.3) is 0 Å². The Labute approximate surface area is 152 Å². The van der Waals surface area contributed by atoms with Crippen molar-refractivity contribution in [3.63, 3.8) is 0 Å². The Morgan fingerprint density at radius 3 is 2.12 bits per heavy atom. The molecule has 4 heteroatoms. The third-order valence-electron chi connectivity index (χ3n) is 3.63. The number of carbonyl (C=O) groups is 1. The van der Waals surface area contributed by atoms with E-state index in [9.17, 15) is 15.0 Å². The number of hydrogen-bond acceptors (Lipinski definition) is 4. The van der Waals surface area contributed by atoms with E-state index in [-0.39, 0.29) is 5.97 Å². The molecule has 25 heavy (non-hydrogen) atoms. The molecule has 2 atom stereocenters. The van der Waals surface area contributed by atoms with Crippen LogP contribution in [0, 0.1) is 0 Å². The van der Waals surface area contributed by atoms with Crippen molar-refractivity contribution in [1.29, 1.82) is 0 Å². The number of carbonyl (C=O) groups excluding carboxylic acids is 1. The molecule has 2 N–H and O–H groups in total. The van der Waals surface area contributed by atoms with Crippen LogP contribution in [-0.4, -0.2) is 35.5 Å². The molecule has 0 saturated carbocycles. The van der Waals surface area contributed by atoms with Crippen LogP contribution in [0.3, 0.4) is 0 Å². The molecule has 0 bridgehead atoms. The van der Waals surface area contributed by atoms with Gasteiger partial charge in [-0.25, -0.2) is 0 Å². The van der Waals surface area contributed by atoms with Crippen LogP contribution >= 0.6 is 0 Å². The van der Waals surface area contributed by atoms with Crippen molar-refractivity contribution >= 4 is 5.97 Å². The van der Waals surface area contributed by atoms with E-state index < -0.39 is 12.2 Å². The molecule has 0 aromatic carbocycles. The van der Waals surface area contributed by atoms with E-state index in [1.54, 1.807) is 30.4 Å². The predicted octanol–water partition coefficient (Wildman–Crippen LogP) is 4.25. The van der Waals surface area contributed by atoms with E-state index in [0.29, 0.717) is 19.3 Å². The van der Waals surface area contributed by atoms with Crippen molar-refractivity contribution < 1.29 is 19.7 Å². The molecule has 0 aromatic rings. The Bertz CT molecular complexity index is 435. The predicted molar refractivity (Wildman–Crippen MR) is 103 cm³/mol. The van der Waals surface area contributed by atoms with Gasteiger partial charge in [-0.1, -0.05) is 68.4 Å². The summed E-state index contributed by atoms with van der Waals surface area (Å²) in [6.45, 7) is 2.18. The first-order valence-corrected chi connectivity index (χ1v) is 9.19. The summed E-state index contributed by atoms with van der Waals surface area (Å²) >= 11 is 0. The zero-order valence-corrected chi connectivity index (χ0v) is 15.6. The summed E-state index contributed by atoms with van der Waals surface area (Å²) in [5.74, 6) is -0.253. The second-order valence-electron chi connectivity index (χ2n) is 5.95. The van der Waals surface area contributed by atoms with Crippen LogP contribution in [0.2, 0.25) is 0 Å². The highest BCUT2D eigenvalue weighted by Gasteiger charge is 2.03. The first-order chi connectivity index (χ1) is 12.1. The van der Waals surface area contributed by atoms with Crippen molar-refractivity contribution in [1.82, 2.24) is 0 Å². The largest absolute Gasteiger partial charge is 0.469 e. The molecule has 0 heterocycles. The second-order valence-corrected chi connectivity index (χ2v) is 5.95. The lowest BCUT2D eigenvalue weighted by atomic mass is 10.1. The lowest BCUT2D eigenvalue weighted by molar-refractivity contribution is -0.140. The van der Waals surface area contributed by atoms with Crippen molar-refractivity contribution in [3.8, 4) is 0 Å². The minimum Gasteiger partial charge on any atom is -0.469 e. The highest BCUT2D eigenvalue weighted by molar-refractivity contribution is 5.68. The minimum atomic E-state index is -0.566. The molecule has 0 aromatic heterocycles. The second kappa shape index (κ2) is 17.2. The van der Waals surface area contributed by atoms with Gasteiger partial charge in [0, 0.05) is 6.42 Å². The summed E-state index contributed by atoms with van der Waals surface area (Å²) in [5, 5.41) is 19.5. The van der Waals surface area contributed by atoms with E-state index in [4.69, 9.17) is 0 Å². The Balaban J connectivity index is 3.81. The molecule has 0 amide bonds. The van der Waals surface area contributed by atoms with Crippen LogP contribution in [0.15, 0.2) is 48.6 Å². The number of hydrogen-bond donors (Lipinski definition) is 2. The highest BCUT2D eigenvalue weighted by Crippen LogP contribution is 2.04. The van der Waals surface area contributed by atoms with E-state index in [1.807, 2.05) is 6.08 Å². The first kappa shape index (κ1) is 23.4. The summed E-state index contributed by atoms with van der Waals surface area (Å²) in [6, 6.07) is 0. The fourth-order valence-electron chi connectivity index (χ4n) is 2.09. The summed E-state index contributed by atoms with van der Waals surface area (Å²) in [5.41, 5.74) is 0. The summed E-state index contributed by atoms with van der Waals surface area (Å²) in [4.78, 5) is 10.9. The number of esters is 1. The van der Waals surface area contributed by atoms with Gasteiger partial charge in [0.15, 0.2) is 0 Å². The van der Waals surface area contributed by atoms with Gasteiger partial charge in [-0.15, -0.1) is 0 Å². The van der Waals surface area contributed by atoms with Gasteiger partial charge in [-0.3, -0.25) is 4.79 Å². The lowest BCUT2D eigenvalue weighted by Crippen LogP contribution is -2.05. The van der Waals surface area contributed by atoms with Gasteiger partial charge in [-0.05, 0) is 32.1 Å². The number of aliphatic hydroxyl groups is 2. The van der Waals surface area contributed by atoms with Gasteiger partial charge in [0.05, 0.1) is 19.3 Å². The highest BCUT2D eigenvalue weighted by atomic mass is 16.5. The van der Waals surface area contributed by atoms with Crippen molar-refractivity contribution in [3.05, 3.63) is 48.6 Å². The summed E-state index contributed by atoms with van der Waals surface area (Å²) in [6.07, 6.45) is 20.5. The maximum absolute atomic E-state index is 10.9. The van der Waals surface area contributed by atoms with E-state index in [0.717, 1.165) is 19.3 Å². The Hall–Kier alpha value is -1.65. The number of ether oxygens (including phenoxy) is 1. The smallest absolute Gasteiger partial charge is 0.305 e.